The Hall–Kier alpha value is -2.36. The van der Waals surface area contributed by atoms with Crippen molar-refractivity contribution in [2.45, 2.75) is 32.2 Å². The Morgan fingerprint density at radius 1 is 1.23 bits per heavy atom. The highest BCUT2D eigenvalue weighted by molar-refractivity contribution is 5.79. The third-order valence-corrected chi connectivity index (χ3v) is 4.36. The van der Waals surface area contributed by atoms with Crippen LogP contribution in [0.25, 0.3) is 11.0 Å². The number of nitrogens with zero attached hydrogens (tertiary/aromatic N) is 3. The number of anilines is 1. The number of hydrogen-bond donors (Lipinski definition) is 1. The molecule has 1 fully saturated rings. The van der Waals surface area contributed by atoms with Gasteiger partial charge in [0.05, 0.1) is 0 Å². The highest BCUT2D eigenvalue weighted by Crippen LogP contribution is 2.30. The van der Waals surface area contributed by atoms with Crippen molar-refractivity contribution < 1.29 is 0 Å². The number of pyridine rings is 2. The van der Waals surface area contributed by atoms with E-state index in [1.54, 1.807) is 0 Å². The van der Waals surface area contributed by atoms with Gasteiger partial charge in [-0.3, -0.25) is 0 Å². The van der Waals surface area contributed by atoms with Crippen LogP contribution < -0.4 is 4.90 Å². The molecule has 4 rings (SSSR count). The van der Waals surface area contributed by atoms with Crippen LogP contribution in [0.5, 0.6) is 0 Å². The van der Waals surface area contributed by atoms with E-state index in [9.17, 15) is 0 Å². The molecule has 1 aliphatic rings. The lowest BCUT2D eigenvalue weighted by Gasteiger charge is -2.21. The maximum atomic E-state index is 4.67. The summed E-state index contributed by atoms with van der Waals surface area (Å²) in [7, 11) is 0. The average molecular weight is 292 g/mol. The largest absolute Gasteiger partial charge is 0.354 e. The van der Waals surface area contributed by atoms with E-state index < -0.39 is 0 Å². The monoisotopic (exact) mass is 292 g/mol. The quantitative estimate of drug-likeness (QED) is 0.782. The molecule has 0 radical (unpaired) electrons. The summed E-state index contributed by atoms with van der Waals surface area (Å²) in [6.45, 7) is 3.23. The number of hydrogen-bond acceptors (Lipinski definition) is 3. The highest BCUT2D eigenvalue weighted by atomic mass is 15.2. The molecule has 3 aromatic heterocycles. The van der Waals surface area contributed by atoms with Crippen LogP contribution in [-0.2, 0) is 6.42 Å². The number of rotatable bonds is 5. The van der Waals surface area contributed by atoms with E-state index in [0.717, 1.165) is 24.4 Å². The summed E-state index contributed by atoms with van der Waals surface area (Å²) in [6.07, 6.45) is 9.37. The Labute approximate surface area is 130 Å². The summed E-state index contributed by atoms with van der Waals surface area (Å²) in [5, 5.41) is 1.19. The molecule has 1 N–H and O–H groups in total. The Morgan fingerprint density at radius 3 is 2.86 bits per heavy atom. The van der Waals surface area contributed by atoms with Crippen molar-refractivity contribution >= 4 is 16.9 Å². The summed E-state index contributed by atoms with van der Waals surface area (Å²) in [5.74, 6) is 1.11. The van der Waals surface area contributed by atoms with E-state index in [2.05, 4.69) is 45.0 Å². The molecule has 0 bridgehead atoms. The van der Waals surface area contributed by atoms with Gasteiger partial charge in [-0.25, -0.2) is 9.97 Å². The number of fused-ring (bicyclic) bond motifs is 1. The zero-order chi connectivity index (χ0) is 14.9. The van der Waals surface area contributed by atoms with Gasteiger partial charge in [0.1, 0.15) is 11.5 Å². The standard InChI is InChI=1S/C18H20N4/c1-2-22(15-6-7-15)17-8-5-13(11-20-17)10-14-12-21-18-16(14)4-3-9-19-18/h3-5,8-9,11-12,15H,2,6-7,10H2,1H3,(H,19,21). The van der Waals surface area contributed by atoms with Crippen LogP contribution in [-0.4, -0.2) is 27.5 Å². The van der Waals surface area contributed by atoms with Gasteiger partial charge in [-0.1, -0.05) is 6.07 Å². The summed E-state index contributed by atoms with van der Waals surface area (Å²) in [6, 6.07) is 9.16. The first-order chi connectivity index (χ1) is 10.8. The van der Waals surface area contributed by atoms with Crippen molar-refractivity contribution in [3.63, 3.8) is 0 Å². The van der Waals surface area contributed by atoms with Gasteiger partial charge in [-0.05, 0) is 49.1 Å². The number of nitrogens with one attached hydrogen (secondary N) is 1. The fourth-order valence-corrected chi connectivity index (χ4v) is 3.06. The first-order valence-corrected chi connectivity index (χ1v) is 7.97. The van der Waals surface area contributed by atoms with Crippen LogP contribution in [0.3, 0.4) is 0 Å². The minimum absolute atomic E-state index is 0.711. The van der Waals surface area contributed by atoms with Crippen LogP contribution in [0, 0.1) is 0 Å². The molecular formula is C18H20N4. The lowest BCUT2D eigenvalue weighted by molar-refractivity contribution is 0.807. The second-order valence-corrected chi connectivity index (χ2v) is 5.93. The second-order valence-electron chi connectivity index (χ2n) is 5.93. The van der Waals surface area contributed by atoms with Gasteiger partial charge >= 0.3 is 0 Å². The van der Waals surface area contributed by atoms with Gasteiger partial charge < -0.3 is 9.88 Å². The maximum absolute atomic E-state index is 4.67. The van der Waals surface area contributed by atoms with Crippen molar-refractivity contribution in [3.8, 4) is 0 Å². The summed E-state index contributed by atoms with van der Waals surface area (Å²) in [5.41, 5.74) is 3.46. The summed E-state index contributed by atoms with van der Waals surface area (Å²) < 4.78 is 0. The zero-order valence-electron chi connectivity index (χ0n) is 12.8. The predicted molar refractivity (Wildman–Crippen MR) is 89.2 cm³/mol. The molecule has 1 saturated carbocycles. The third kappa shape index (κ3) is 2.45. The van der Waals surface area contributed by atoms with Crippen molar-refractivity contribution in [2.24, 2.45) is 0 Å². The first-order valence-electron chi connectivity index (χ1n) is 7.97. The molecule has 0 atom stereocenters. The lowest BCUT2D eigenvalue weighted by Crippen LogP contribution is -2.25. The number of H-pyrrole nitrogens is 1. The number of aromatic amines is 1. The molecule has 1 aliphatic carbocycles. The third-order valence-electron chi connectivity index (χ3n) is 4.36. The molecule has 4 nitrogen and oxygen atoms in total. The molecular weight excluding hydrogens is 272 g/mol. The second kappa shape index (κ2) is 5.44. The van der Waals surface area contributed by atoms with Crippen molar-refractivity contribution in [1.29, 1.82) is 0 Å². The van der Waals surface area contributed by atoms with Crippen LogP contribution in [0.1, 0.15) is 30.9 Å². The average Bonchev–Trinajstić information content (AvgIpc) is 3.32. The van der Waals surface area contributed by atoms with Gasteiger partial charge in [0, 0.05) is 43.0 Å². The smallest absolute Gasteiger partial charge is 0.137 e. The summed E-state index contributed by atoms with van der Waals surface area (Å²) >= 11 is 0. The summed E-state index contributed by atoms with van der Waals surface area (Å²) in [4.78, 5) is 14.6. The molecule has 3 heterocycles. The number of aromatic nitrogens is 3. The van der Waals surface area contributed by atoms with Crippen LogP contribution in [0.2, 0.25) is 0 Å². The molecule has 0 saturated heterocycles. The minimum atomic E-state index is 0.711. The van der Waals surface area contributed by atoms with Gasteiger partial charge in [0.25, 0.3) is 0 Å². The molecule has 3 aromatic rings. The van der Waals surface area contributed by atoms with E-state index in [-0.39, 0.29) is 0 Å². The van der Waals surface area contributed by atoms with Crippen LogP contribution >= 0.6 is 0 Å². The highest BCUT2D eigenvalue weighted by Gasteiger charge is 2.28. The molecule has 22 heavy (non-hydrogen) atoms. The zero-order valence-corrected chi connectivity index (χ0v) is 12.8. The van der Waals surface area contributed by atoms with E-state index in [1.807, 2.05) is 24.7 Å². The van der Waals surface area contributed by atoms with E-state index >= 15 is 0 Å². The Balaban J connectivity index is 1.56. The SMILES string of the molecule is CCN(c1ccc(Cc2c[nH]c3ncccc23)cn1)C1CC1. The topological polar surface area (TPSA) is 44.8 Å². The molecule has 0 spiro atoms. The van der Waals surface area contributed by atoms with Gasteiger partial charge in [-0.15, -0.1) is 0 Å². The Kier molecular flexibility index (Phi) is 3.29. The normalized spacial score (nSPS) is 14.4. The van der Waals surface area contributed by atoms with Crippen LogP contribution in [0.15, 0.2) is 42.9 Å². The van der Waals surface area contributed by atoms with E-state index in [4.69, 9.17) is 0 Å². The predicted octanol–water partition coefficient (Wildman–Crippen LogP) is 3.54. The molecule has 0 unspecified atom stereocenters. The van der Waals surface area contributed by atoms with Crippen molar-refractivity contribution in [1.82, 2.24) is 15.0 Å². The van der Waals surface area contributed by atoms with Crippen LogP contribution in [0.4, 0.5) is 5.82 Å². The lowest BCUT2D eigenvalue weighted by atomic mass is 10.1. The van der Waals surface area contributed by atoms with E-state index in [0.29, 0.717) is 6.04 Å². The maximum Gasteiger partial charge on any atom is 0.137 e. The van der Waals surface area contributed by atoms with Gasteiger partial charge in [0.15, 0.2) is 0 Å². The molecule has 0 amide bonds. The van der Waals surface area contributed by atoms with Crippen molar-refractivity contribution in [2.75, 3.05) is 11.4 Å². The first kappa shape index (κ1) is 13.3. The fourth-order valence-electron chi connectivity index (χ4n) is 3.06. The Bertz CT molecular complexity index is 771. The molecule has 4 heteroatoms. The minimum Gasteiger partial charge on any atom is -0.354 e. The molecule has 0 aromatic carbocycles. The molecule has 0 aliphatic heterocycles. The van der Waals surface area contributed by atoms with E-state index in [1.165, 1.54) is 29.4 Å². The molecule has 112 valence electrons. The van der Waals surface area contributed by atoms with Crippen molar-refractivity contribution in [3.05, 3.63) is 54.0 Å². The van der Waals surface area contributed by atoms with Gasteiger partial charge in [0.2, 0.25) is 0 Å². The fraction of sp³-hybridized carbons (Fsp3) is 0.333. The van der Waals surface area contributed by atoms with Gasteiger partial charge in [-0.2, -0.15) is 0 Å². The Morgan fingerprint density at radius 2 is 2.14 bits per heavy atom.